The predicted molar refractivity (Wildman–Crippen MR) is 221 cm³/mol. The predicted octanol–water partition coefficient (Wildman–Crippen LogP) is 6.70. The summed E-state index contributed by atoms with van der Waals surface area (Å²) in [5.74, 6) is 0. The summed E-state index contributed by atoms with van der Waals surface area (Å²) < 4.78 is 52.8. The van der Waals surface area contributed by atoms with Crippen LogP contribution in [-0.2, 0) is 48.8 Å². The van der Waals surface area contributed by atoms with Gasteiger partial charge >= 0.3 is 0 Å². The zero-order valence-corrected chi connectivity index (χ0v) is 36.2. The number of hydrogen-bond donors (Lipinski definition) is 3. The van der Waals surface area contributed by atoms with Gasteiger partial charge in [0.2, 0.25) is 0 Å². The number of nitriles is 1. The van der Waals surface area contributed by atoms with E-state index in [0.29, 0.717) is 112 Å². The lowest BCUT2D eigenvalue weighted by atomic mass is 9.92. The molecule has 1 atom stereocenters. The molecule has 56 heavy (non-hydrogen) atoms. The molecule has 3 N–H and O–H groups in total. The van der Waals surface area contributed by atoms with Crippen molar-refractivity contribution in [1.29, 1.82) is 5.26 Å². The molecular formula is C42H78NO12P. The fourth-order valence-corrected chi connectivity index (χ4v) is 5.79. The van der Waals surface area contributed by atoms with E-state index in [1.165, 1.54) is 0 Å². The molecule has 0 aliphatic rings. The highest BCUT2D eigenvalue weighted by Gasteiger charge is 2.34. The maximum atomic E-state index is 8.96. The molecule has 13 nitrogen and oxygen atoms in total. The summed E-state index contributed by atoms with van der Waals surface area (Å²) in [5, 5.41) is 35.5. The summed E-state index contributed by atoms with van der Waals surface area (Å²) in [5.41, 5.74) is 0.236. The van der Waals surface area contributed by atoms with Crippen LogP contribution >= 0.6 is 8.38 Å². The summed E-state index contributed by atoms with van der Waals surface area (Å²) in [7, 11) is -1.04. The molecule has 14 heteroatoms. The molecule has 0 heterocycles. The number of aliphatic hydroxyl groups excluding tert-OH is 3. The third kappa shape index (κ3) is 31.6. The Labute approximate surface area is 340 Å². The van der Waals surface area contributed by atoms with Crippen molar-refractivity contribution in [3.8, 4) is 6.07 Å². The minimum Gasteiger partial charge on any atom is -0.396 e. The SMILES string of the molecule is CCCCOCC(COCCCC)(COCCCC)COP(C)OCCC#N.OCCCOCC(COCCCO)(COCCCO)COCc1ccccc1. The van der Waals surface area contributed by atoms with Crippen LogP contribution in [0.1, 0.15) is 90.5 Å². The van der Waals surface area contributed by atoms with Crippen molar-refractivity contribution in [1.82, 2.24) is 0 Å². The van der Waals surface area contributed by atoms with Crippen LogP contribution in [0.4, 0.5) is 0 Å². The van der Waals surface area contributed by atoms with Gasteiger partial charge in [-0.25, -0.2) is 0 Å². The van der Waals surface area contributed by atoms with Gasteiger partial charge < -0.3 is 57.5 Å². The summed E-state index contributed by atoms with van der Waals surface area (Å²) in [6.07, 6.45) is 8.53. The first-order valence-corrected chi connectivity index (χ1v) is 22.3. The topological polar surface area (TPSA) is 168 Å². The first kappa shape index (κ1) is 54.7. The van der Waals surface area contributed by atoms with Crippen LogP contribution in [0.5, 0.6) is 0 Å². The van der Waals surface area contributed by atoms with Crippen molar-refractivity contribution in [2.24, 2.45) is 10.8 Å². The van der Waals surface area contributed by atoms with Crippen molar-refractivity contribution in [3.63, 3.8) is 0 Å². The van der Waals surface area contributed by atoms with E-state index in [4.69, 9.17) is 62.8 Å². The first-order valence-electron chi connectivity index (χ1n) is 20.7. The van der Waals surface area contributed by atoms with Crippen molar-refractivity contribution < 1.29 is 57.5 Å². The molecule has 0 aliphatic heterocycles. The van der Waals surface area contributed by atoms with E-state index in [1.807, 2.05) is 37.0 Å². The maximum Gasteiger partial charge on any atom is 0.167 e. The minimum atomic E-state index is -1.04. The summed E-state index contributed by atoms with van der Waals surface area (Å²) >= 11 is 0. The van der Waals surface area contributed by atoms with Gasteiger partial charge in [0, 0.05) is 66.1 Å². The van der Waals surface area contributed by atoms with Gasteiger partial charge in [-0.15, -0.1) is 0 Å². The fourth-order valence-electron chi connectivity index (χ4n) is 4.92. The third-order valence-corrected chi connectivity index (χ3v) is 9.31. The van der Waals surface area contributed by atoms with Gasteiger partial charge in [0.15, 0.2) is 8.38 Å². The van der Waals surface area contributed by atoms with Gasteiger partial charge in [-0.2, -0.15) is 5.26 Å². The molecule has 0 bridgehead atoms. The Hall–Kier alpha value is -1.34. The lowest BCUT2D eigenvalue weighted by Crippen LogP contribution is -2.42. The second-order valence-corrected chi connectivity index (χ2v) is 15.4. The van der Waals surface area contributed by atoms with Crippen molar-refractivity contribution in [3.05, 3.63) is 35.9 Å². The number of hydrogen-bond acceptors (Lipinski definition) is 13. The van der Waals surface area contributed by atoms with Crippen LogP contribution in [0.2, 0.25) is 0 Å². The van der Waals surface area contributed by atoms with Crippen LogP contribution in [0.25, 0.3) is 0 Å². The highest BCUT2D eigenvalue weighted by molar-refractivity contribution is 7.46. The van der Waals surface area contributed by atoms with Crippen LogP contribution in [0, 0.1) is 22.2 Å². The lowest BCUT2D eigenvalue weighted by molar-refractivity contribution is -0.111. The number of ether oxygens (including phenoxy) is 7. The Kier molecular flexibility index (Phi) is 39.5. The van der Waals surface area contributed by atoms with E-state index in [2.05, 4.69) is 26.8 Å². The molecule has 0 aromatic heterocycles. The highest BCUT2D eigenvalue weighted by Crippen LogP contribution is 2.36. The summed E-state index contributed by atoms with van der Waals surface area (Å²) in [6, 6.07) is 12.0. The van der Waals surface area contributed by atoms with Gasteiger partial charge in [-0.3, -0.25) is 0 Å². The van der Waals surface area contributed by atoms with E-state index in [9.17, 15) is 0 Å². The number of rotatable bonds is 40. The number of aliphatic hydroxyl groups is 3. The van der Waals surface area contributed by atoms with Crippen molar-refractivity contribution in [2.75, 3.05) is 126 Å². The average Bonchev–Trinajstić information content (AvgIpc) is 3.21. The van der Waals surface area contributed by atoms with Gasteiger partial charge in [-0.1, -0.05) is 70.4 Å². The van der Waals surface area contributed by atoms with Gasteiger partial charge in [-0.05, 0) is 44.1 Å². The van der Waals surface area contributed by atoms with Crippen LogP contribution < -0.4 is 0 Å². The minimum absolute atomic E-state index is 0.0809. The van der Waals surface area contributed by atoms with Gasteiger partial charge in [0.1, 0.15) is 0 Å². The average molecular weight is 820 g/mol. The first-order chi connectivity index (χ1) is 27.4. The molecule has 1 aromatic carbocycles. The molecule has 0 spiro atoms. The Morgan fingerprint density at radius 3 is 1.27 bits per heavy atom. The third-order valence-electron chi connectivity index (χ3n) is 8.28. The monoisotopic (exact) mass is 820 g/mol. The molecule has 1 rings (SSSR count). The molecule has 1 unspecified atom stereocenters. The Morgan fingerprint density at radius 2 is 0.893 bits per heavy atom. The van der Waals surface area contributed by atoms with Gasteiger partial charge in [0.25, 0.3) is 0 Å². The molecule has 0 fully saturated rings. The quantitative estimate of drug-likeness (QED) is 0.0474. The Morgan fingerprint density at radius 1 is 0.518 bits per heavy atom. The van der Waals surface area contributed by atoms with E-state index < -0.39 is 13.8 Å². The van der Waals surface area contributed by atoms with E-state index in [1.54, 1.807) is 0 Å². The lowest BCUT2D eigenvalue weighted by Gasteiger charge is -2.33. The number of nitrogens with zero attached hydrogens (tertiary/aromatic N) is 1. The van der Waals surface area contributed by atoms with Crippen LogP contribution in [0.3, 0.4) is 0 Å². The van der Waals surface area contributed by atoms with Crippen molar-refractivity contribution in [2.45, 2.75) is 91.6 Å². The van der Waals surface area contributed by atoms with E-state index in [0.717, 1.165) is 63.9 Å². The zero-order valence-electron chi connectivity index (χ0n) is 35.3. The van der Waals surface area contributed by atoms with E-state index in [-0.39, 0.29) is 25.2 Å². The molecule has 328 valence electrons. The summed E-state index contributed by atoms with van der Waals surface area (Å²) in [6.45, 7) is 16.7. The normalized spacial score (nSPS) is 12.3. The van der Waals surface area contributed by atoms with Crippen molar-refractivity contribution >= 4 is 8.38 Å². The second kappa shape index (κ2) is 40.4. The molecule has 0 saturated heterocycles. The largest absolute Gasteiger partial charge is 0.396 e. The van der Waals surface area contributed by atoms with Crippen LogP contribution in [0.15, 0.2) is 30.3 Å². The van der Waals surface area contributed by atoms with Gasteiger partial charge in [0.05, 0.1) is 89.4 Å². The fraction of sp³-hybridized carbons (Fsp3) is 0.833. The smallest absolute Gasteiger partial charge is 0.167 e. The summed E-state index contributed by atoms with van der Waals surface area (Å²) in [4.78, 5) is 0. The maximum absolute atomic E-state index is 8.96. The van der Waals surface area contributed by atoms with E-state index >= 15 is 0 Å². The number of unbranched alkanes of at least 4 members (excludes halogenated alkanes) is 3. The molecule has 1 aromatic rings. The molecular weight excluding hydrogens is 741 g/mol. The standard InChI is InChI=1S/C21H42NO5P.C21H36O7/c1-5-8-13-23-17-21(18-24-14-9-6-2,19-25-15-10-7-3)20-27-28(4)26-16-11-12-22;22-9-4-12-25-16-21(17-26-13-5-10-23,18-27-14-6-11-24)19-28-15-20-7-2-1-3-8-20/h5-11,13-20H2,1-4H3;1-3,7-8,22-24H,4-6,9-19H2. The highest BCUT2D eigenvalue weighted by atomic mass is 31.2. The molecule has 0 aliphatic carbocycles. The Bertz CT molecular complexity index is 928. The number of benzene rings is 1. The second-order valence-electron chi connectivity index (χ2n) is 14.0. The van der Waals surface area contributed by atoms with Crippen LogP contribution in [-0.4, -0.2) is 141 Å². The molecule has 0 radical (unpaired) electrons. The molecule has 0 amide bonds. The molecule has 0 saturated carbocycles. The zero-order chi connectivity index (χ0) is 41.3. The Balaban J connectivity index is 0.00000108.